The lowest BCUT2D eigenvalue weighted by molar-refractivity contribution is -0.119. The molecule has 1 saturated heterocycles. The van der Waals surface area contributed by atoms with Crippen LogP contribution < -0.4 is 16.0 Å². The number of nitrogens with zero attached hydrogens (tertiary/aromatic N) is 1. The number of ether oxygens (including phenoxy) is 1. The minimum Gasteiger partial charge on any atom is -0.442 e. The Hall–Kier alpha value is -2.71. The molecular weight excluding hydrogens is 441 g/mol. The van der Waals surface area contributed by atoms with Gasteiger partial charge in [0.2, 0.25) is 5.91 Å². The molecule has 1 aliphatic rings. The summed E-state index contributed by atoms with van der Waals surface area (Å²) in [4.78, 5) is 24.4. The number of anilines is 1. The Balaban J connectivity index is 1.76. The Morgan fingerprint density at radius 1 is 1.38 bits per heavy atom. The molecule has 0 spiro atoms. The Bertz CT molecular complexity index is 964. The van der Waals surface area contributed by atoms with E-state index < -0.39 is 18.0 Å². The molecule has 8 heteroatoms. The predicted molar refractivity (Wildman–Crippen MR) is 114 cm³/mol. The normalized spacial score (nSPS) is 16.7. The summed E-state index contributed by atoms with van der Waals surface area (Å²) in [6.45, 7) is 2.27. The lowest BCUT2D eigenvalue weighted by Crippen LogP contribution is -2.33. The lowest BCUT2D eigenvalue weighted by Gasteiger charge is -2.14. The van der Waals surface area contributed by atoms with E-state index in [2.05, 4.69) is 21.2 Å². The van der Waals surface area contributed by atoms with Crippen molar-refractivity contribution in [1.29, 1.82) is 0 Å². The smallest absolute Gasteiger partial charge is 0.414 e. The predicted octanol–water partition coefficient (Wildman–Crippen LogP) is 3.64. The van der Waals surface area contributed by atoms with Gasteiger partial charge in [0.15, 0.2) is 0 Å². The van der Waals surface area contributed by atoms with E-state index in [1.807, 2.05) is 24.3 Å². The first-order valence-electron chi connectivity index (χ1n) is 9.06. The van der Waals surface area contributed by atoms with E-state index in [0.29, 0.717) is 17.8 Å². The van der Waals surface area contributed by atoms with Gasteiger partial charge in [-0.1, -0.05) is 34.1 Å². The summed E-state index contributed by atoms with van der Waals surface area (Å²) in [6, 6.07) is 12.2. The zero-order valence-electron chi connectivity index (χ0n) is 15.8. The molecule has 0 saturated carbocycles. The van der Waals surface area contributed by atoms with E-state index in [1.54, 1.807) is 18.2 Å². The van der Waals surface area contributed by atoms with E-state index in [-0.39, 0.29) is 19.0 Å². The van der Waals surface area contributed by atoms with Crippen molar-refractivity contribution in [3.05, 3.63) is 65.0 Å². The summed E-state index contributed by atoms with van der Waals surface area (Å²) in [5.41, 5.74) is 8.31. The fourth-order valence-electron chi connectivity index (χ4n) is 2.96. The van der Waals surface area contributed by atoms with E-state index in [4.69, 9.17) is 10.5 Å². The quantitative estimate of drug-likeness (QED) is 0.643. The molecule has 1 heterocycles. The van der Waals surface area contributed by atoms with Crippen molar-refractivity contribution < 1.29 is 18.7 Å². The zero-order chi connectivity index (χ0) is 21.0. The first-order valence-corrected chi connectivity index (χ1v) is 9.85. The van der Waals surface area contributed by atoms with E-state index in [0.717, 1.165) is 15.6 Å². The molecule has 152 valence electrons. The molecule has 0 aliphatic carbocycles. The van der Waals surface area contributed by atoms with Crippen LogP contribution in [0.3, 0.4) is 0 Å². The molecule has 29 heavy (non-hydrogen) atoms. The molecule has 2 aromatic carbocycles. The third kappa shape index (κ3) is 5.21. The fourth-order valence-corrected chi connectivity index (χ4v) is 3.46. The van der Waals surface area contributed by atoms with E-state index in [1.165, 1.54) is 17.9 Å². The van der Waals surface area contributed by atoms with Crippen LogP contribution in [0.4, 0.5) is 14.9 Å². The monoisotopic (exact) mass is 461 g/mol. The van der Waals surface area contributed by atoms with Gasteiger partial charge < -0.3 is 15.8 Å². The first-order chi connectivity index (χ1) is 13.9. The van der Waals surface area contributed by atoms with Gasteiger partial charge in [-0.25, -0.2) is 9.18 Å². The van der Waals surface area contributed by atoms with Crippen LogP contribution >= 0.6 is 15.9 Å². The Morgan fingerprint density at radius 3 is 2.86 bits per heavy atom. The third-order valence-electron chi connectivity index (χ3n) is 4.47. The van der Waals surface area contributed by atoms with Crippen LogP contribution in [0.15, 0.2) is 42.5 Å². The molecule has 2 amide bonds. The number of nitrogens with two attached hydrogens (primary N) is 1. The van der Waals surface area contributed by atoms with Crippen LogP contribution in [0.5, 0.6) is 0 Å². The number of hydrogen-bond donors (Lipinski definition) is 2. The lowest BCUT2D eigenvalue weighted by atomic mass is 10.1. The maximum absolute atomic E-state index is 14.7. The van der Waals surface area contributed by atoms with Gasteiger partial charge in [0, 0.05) is 23.5 Å². The summed E-state index contributed by atoms with van der Waals surface area (Å²) in [7, 11) is 0. The van der Waals surface area contributed by atoms with Crippen LogP contribution in [0.2, 0.25) is 0 Å². The number of amides is 2. The van der Waals surface area contributed by atoms with Crippen LogP contribution in [0.1, 0.15) is 23.6 Å². The van der Waals surface area contributed by atoms with Crippen molar-refractivity contribution in [2.75, 3.05) is 18.0 Å². The fraction of sp³-hybridized carbons (Fsp3) is 0.238. The molecule has 1 aliphatic heterocycles. The number of carbonyl (C=O) groups is 2. The SMILES string of the molecule is CC(=O)NC[C@H]1CN(c2ccc(C=C(Br)c3cccc(CN)c3)c(F)c2)C(=O)O1. The van der Waals surface area contributed by atoms with Crippen molar-refractivity contribution >= 4 is 44.2 Å². The second kappa shape index (κ2) is 9.19. The number of hydrogen-bond acceptors (Lipinski definition) is 4. The molecule has 0 unspecified atom stereocenters. The van der Waals surface area contributed by atoms with Crippen molar-refractivity contribution in [1.82, 2.24) is 5.32 Å². The maximum Gasteiger partial charge on any atom is 0.414 e. The first kappa shape index (κ1) is 21.0. The van der Waals surface area contributed by atoms with Crippen molar-refractivity contribution in [3.63, 3.8) is 0 Å². The molecular formula is C21H21BrFN3O3. The molecule has 0 bridgehead atoms. The Labute approximate surface area is 176 Å². The summed E-state index contributed by atoms with van der Waals surface area (Å²) in [6.07, 6.45) is 0.636. The van der Waals surface area contributed by atoms with Crippen LogP contribution in [-0.2, 0) is 16.1 Å². The largest absolute Gasteiger partial charge is 0.442 e. The van der Waals surface area contributed by atoms with Gasteiger partial charge in [0.05, 0.1) is 18.8 Å². The molecule has 2 aromatic rings. The topological polar surface area (TPSA) is 84.7 Å². The van der Waals surface area contributed by atoms with E-state index in [9.17, 15) is 14.0 Å². The maximum atomic E-state index is 14.7. The molecule has 3 N–H and O–H groups in total. The number of nitrogens with one attached hydrogen (secondary N) is 1. The van der Waals surface area contributed by atoms with Crippen molar-refractivity contribution in [2.45, 2.75) is 19.6 Å². The minimum absolute atomic E-state index is 0.204. The zero-order valence-corrected chi connectivity index (χ0v) is 17.4. The van der Waals surface area contributed by atoms with Gasteiger partial charge in [0.25, 0.3) is 0 Å². The van der Waals surface area contributed by atoms with Crippen LogP contribution in [-0.4, -0.2) is 31.2 Å². The summed E-state index contributed by atoms with van der Waals surface area (Å²) in [5, 5.41) is 2.61. The molecule has 0 radical (unpaired) electrons. The van der Waals surface area contributed by atoms with Gasteiger partial charge in [-0.05, 0) is 41.5 Å². The van der Waals surface area contributed by atoms with Crippen molar-refractivity contribution in [3.8, 4) is 0 Å². The van der Waals surface area contributed by atoms with Gasteiger partial charge in [0.1, 0.15) is 11.9 Å². The second-order valence-electron chi connectivity index (χ2n) is 6.66. The van der Waals surface area contributed by atoms with E-state index >= 15 is 0 Å². The second-order valence-corrected chi connectivity index (χ2v) is 7.51. The van der Waals surface area contributed by atoms with Gasteiger partial charge in [-0.3, -0.25) is 9.69 Å². The Kier molecular flexibility index (Phi) is 6.66. The van der Waals surface area contributed by atoms with Gasteiger partial charge >= 0.3 is 6.09 Å². The number of carbonyl (C=O) groups excluding carboxylic acids is 2. The van der Waals surface area contributed by atoms with Gasteiger partial charge in [-0.15, -0.1) is 0 Å². The molecule has 0 aromatic heterocycles. The number of rotatable bonds is 6. The van der Waals surface area contributed by atoms with Crippen molar-refractivity contribution in [2.24, 2.45) is 5.73 Å². The summed E-state index contributed by atoms with van der Waals surface area (Å²) < 4.78 is 20.6. The molecule has 3 rings (SSSR count). The number of cyclic esters (lactones) is 1. The Morgan fingerprint density at radius 2 is 2.17 bits per heavy atom. The summed E-state index contributed by atoms with van der Waals surface area (Å²) in [5.74, 6) is -0.670. The highest BCUT2D eigenvalue weighted by molar-refractivity contribution is 9.15. The molecule has 1 atom stereocenters. The highest BCUT2D eigenvalue weighted by atomic mass is 79.9. The summed E-state index contributed by atoms with van der Waals surface area (Å²) >= 11 is 3.49. The number of halogens is 2. The average Bonchev–Trinajstić information content (AvgIpc) is 3.08. The average molecular weight is 462 g/mol. The van der Waals surface area contributed by atoms with Crippen LogP contribution in [0, 0.1) is 5.82 Å². The minimum atomic E-state index is -0.567. The highest BCUT2D eigenvalue weighted by Gasteiger charge is 2.32. The third-order valence-corrected chi connectivity index (χ3v) is 5.16. The highest BCUT2D eigenvalue weighted by Crippen LogP contribution is 2.29. The molecule has 1 fully saturated rings. The van der Waals surface area contributed by atoms with Gasteiger partial charge in [-0.2, -0.15) is 0 Å². The number of benzene rings is 2. The standard InChI is InChI=1S/C21H21BrFN3O3/c1-13(27)25-11-18-12-26(21(28)29-18)17-6-5-16(20(23)9-17)8-19(22)15-4-2-3-14(7-15)10-24/h2-9,18H,10-12,24H2,1H3,(H,25,27)/t18-/m0/s1. The molecule has 6 nitrogen and oxygen atoms in total. The van der Waals surface area contributed by atoms with Crippen LogP contribution in [0.25, 0.3) is 10.6 Å².